The van der Waals surface area contributed by atoms with Crippen LogP contribution in [0.5, 0.6) is 0 Å². The first kappa shape index (κ1) is 21.8. The molecule has 0 radical (unpaired) electrons. The van der Waals surface area contributed by atoms with Gasteiger partial charge < -0.3 is 10.2 Å². The number of imidazole rings is 1. The molecule has 5 rings (SSSR count). The van der Waals surface area contributed by atoms with Crippen molar-refractivity contribution in [2.45, 2.75) is 19.0 Å². The van der Waals surface area contributed by atoms with Crippen LogP contribution in [0.4, 0.5) is 19.0 Å². The van der Waals surface area contributed by atoms with Gasteiger partial charge in [0, 0.05) is 31.6 Å². The highest BCUT2D eigenvalue weighted by atomic mass is 19.4. The highest BCUT2D eigenvalue weighted by Crippen LogP contribution is 2.35. The number of carbonyl (C=O) groups is 1. The van der Waals surface area contributed by atoms with Crippen molar-refractivity contribution in [2.75, 3.05) is 25.0 Å². The molecular formula is C25H20F3N5O. The average Bonchev–Trinajstić information content (AvgIpc) is 3.41. The van der Waals surface area contributed by atoms with Crippen LogP contribution < -0.4 is 5.32 Å². The van der Waals surface area contributed by atoms with Gasteiger partial charge in [0.15, 0.2) is 5.65 Å². The van der Waals surface area contributed by atoms with E-state index in [0.29, 0.717) is 47.6 Å². The Morgan fingerprint density at radius 1 is 1.12 bits per heavy atom. The molecule has 172 valence electrons. The minimum absolute atomic E-state index is 0.130. The van der Waals surface area contributed by atoms with E-state index in [4.69, 9.17) is 0 Å². The predicted octanol–water partition coefficient (Wildman–Crippen LogP) is 5.08. The van der Waals surface area contributed by atoms with Crippen molar-refractivity contribution in [1.82, 2.24) is 14.3 Å². The van der Waals surface area contributed by atoms with Crippen LogP contribution in [0.3, 0.4) is 0 Å². The van der Waals surface area contributed by atoms with Crippen molar-refractivity contribution < 1.29 is 18.0 Å². The molecule has 0 unspecified atom stereocenters. The third kappa shape index (κ3) is 3.81. The van der Waals surface area contributed by atoms with E-state index in [1.807, 2.05) is 28.7 Å². The number of para-hydroxylation sites is 2. The molecule has 9 heteroatoms. The second-order valence-corrected chi connectivity index (χ2v) is 8.18. The fourth-order valence-corrected chi connectivity index (χ4v) is 4.40. The number of hydrogen-bond donors (Lipinski definition) is 1. The molecule has 1 aliphatic rings. The van der Waals surface area contributed by atoms with Gasteiger partial charge in [0.2, 0.25) is 5.91 Å². The topological polar surface area (TPSA) is 73.4 Å². The number of pyridine rings is 1. The number of carbonyl (C=O) groups excluding carboxylic acids is 1. The fraction of sp³-hybridized carbons (Fsp3) is 0.240. The van der Waals surface area contributed by atoms with Gasteiger partial charge in [-0.15, -0.1) is 0 Å². The number of nitrogens with one attached hydrogen (secondary N) is 1. The van der Waals surface area contributed by atoms with E-state index in [9.17, 15) is 23.2 Å². The number of alkyl halides is 3. The Morgan fingerprint density at radius 3 is 2.56 bits per heavy atom. The number of nitriles is 1. The molecule has 1 fully saturated rings. The molecule has 4 aromatic rings. The Morgan fingerprint density at radius 2 is 1.88 bits per heavy atom. The Bertz CT molecular complexity index is 1430. The lowest BCUT2D eigenvalue weighted by Gasteiger charge is -2.18. The molecule has 0 bridgehead atoms. The highest BCUT2D eigenvalue weighted by Gasteiger charge is 2.30. The van der Waals surface area contributed by atoms with Crippen LogP contribution in [0.2, 0.25) is 0 Å². The Kier molecular flexibility index (Phi) is 5.36. The number of halogens is 3. The van der Waals surface area contributed by atoms with Crippen LogP contribution >= 0.6 is 0 Å². The summed E-state index contributed by atoms with van der Waals surface area (Å²) >= 11 is 0. The summed E-state index contributed by atoms with van der Waals surface area (Å²) in [5.74, 6) is 0.773. The molecule has 0 atom stereocenters. The summed E-state index contributed by atoms with van der Waals surface area (Å²) in [4.78, 5) is 18.4. The smallest absolute Gasteiger partial charge is 0.369 e. The normalized spacial score (nSPS) is 14.2. The third-order valence-corrected chi connectivity index (χ3v) is 6.07. The number of hydrogen-bond acceptors (Lipinski definition) is 4. The van der Waals surface area contributed by atoms with Crippen molar-refractivity contribution in [2.24, 2.45) is 0 Å². The Hall–Kier alpha value is -4.06. The molecular weight excluding hydrogens is 443 g/mol. The van der Waals surface area contributed by atoms with Gasteiger partial charge in [-0.05, 0) is 42.3 Å². The molecule has 2 aromatic heterocycles. The summed E-state index contributed by atoms with van der Waals surface area (Å²) in [7, 11) is 0. The fourth-order valence-electron chi connectivity index (χ4n) is 4.40. The number of nitrogens with zero attached hydrogens (tertiary/aromatic N) is 4. The minimum Gasteiger partial charge on any atom is -0.369 e. The summed E-state index contributed by atoms with van der Waals surface area (Å²) in [6.45, 7) is 1.74. The van der Waals surface area contributed by atoms with Gasteiger partial charge in [0.25, 0.3) is 0 Å². The lowest BCUT2D eigenvalue weighted by molar-refractivity contribution is -0.137. The molecule has 2 aromatic carbocycles. The summed E-state index contributed by atoms with van der Waals surface area (Å²) in [5.41, 5.74) is 2.40. The van der Waals surface area contributed by atoms with E-state index in [0.717, 1.165) is 30.6 Å². The summed E-state index contributed by atoms with van der Waals surface area (Å²) in [6.07, 6.45) is -3.03. The second kappa shape index (κ2) is 8.37. The highest BCUT2D eigenvalue weighted by molar-refractivity contribution is 5.89. The molecule has 34 heavy (non-hydrogen) atoms. The van der Waals surface area contributed by atoms with Crippen molar-refractivity contribution in [1.29, 1.82) is 5.26 Å². The van der Waals surface area contributed by atoms with Crippen molar-refractivity contribution in [3.05, 3.63) is 65.7 Å². The zero-order valence-electron chi connectivity index (χ0n) is 18.1. The molecule has 1 amide bonds. The summed E-state index contributed by atoms with van der Waals surface area (Å²) in [5, 5.41) is 13.3. The first-order valence-electron chi connectivity index (χ1n) is 10.9. The maximum Gasteiger partial charge on any atom is 0.416 e. The van der Waals surface area contributed by atoms with Crippen molar-refractivity contribution >= 4 is 28.4 Å². The van der Waals surface area contributed by atoms with Crippen LogP contribution in [0, 0.1) is 11.3 Å². The minimum atomic E-state index is -4.44. The SMILES string of the molecule is N#Cc1c(-c2ccc(C(F)(F)F)cc2)cc(NCCN2CCCC2=O)n2c1nc1ccccc12. The van der Waals surface area contributed by atoms with Crippen LogP contribution in [-0.4, -0.2) is 39.8 Å². The van der Waals surface area contributed by atoms with Gasteiger partial charge in [-0.1, -0.05) is 24.3 Å². The van der Waals surface area contributed by atoms with E-state index >= 15 is 0 Å². The third-order valence-electron chi connectivity index (χ3n) is 6.07. The zero-order valence-corrected chi connectivity index (χ0v) is 18.1. The van der Waals surface area contributed by atoms with Crippen molar-refractivity contribution in [3.8, 4) is 17.2 Å². The molecule has 3 heterocycles. The standard InChI is InChI=1S/C25H20F3N5O/c26-25(27,28)17-9-7-16(8-10-17)18-14-22(30-11-13-32-12-3-6-23(32)34)33-21-5-2-1-4-20(21)31-24(33)19(18)15-29/h1-2,4-5,7-10,14,30H,3,6,11-13H2. The number of benzene rings is 2. The molecule has 0 saturated carbocycles. The van der Waals surface area contributed by atoms with Crippen LogP contribution in [0.15, 0.2) is 54.6 Å². The monoisotopic (exact) mass is 463 g/mol. The van der Waals surface area contributed by atoms with Gasteiger partial charge in [-0.25, -0.2) is 4.98 Å². The largest absolute Gasteiger partial charge is 0.416 e. The number of amides is 1. The number of rotatable bonds is 5. The Labute approximate surface area is 193 Å². The number of aromatic nitrogens is 2. The van der Waals surface area contributed by atoms with Gasteiger partial charge in [-0.3, -0.25) is 9.20 Å². The van der Waals surface area contributed by atoms with Gasteiger partial charge >= 0.3 is 6.18 Å². The van der Waals surface area contributed by atoms with Crippen LogP contribution in [0.25, 0.3) is 27.8 Å². The summed E-state index contributed by atoms with van der Waals surface area (Å²) in [6, 6.07) is 16.2. The molecule has 6 nitrogen and oxygen atoms in total. The molecule has 1 aliphatic heterocycles. The predicted molar refractivity (Wildman–Crippen MR) is 122 cm³/mol. The molecule has 0 aliphatic carbocycles. The molecule has 0 spiro atoms. The van der Waals surface area contributed by atoms with E-state index in [1.165, 1.54) is 12.1 Å². The Balaban J connectivity index is 1.61. The van der Waals surface area contributed by atoms with E-state index in [2.05, 4.69) is 16.4 Å². The van der Waals surface area contributed by atoms with Crippen molar-refractivity contribution in [3.63, 3.8) is 0 Å². The number of anilines is 1. The van der Waals surface area contributed by atoms with E-state index in [1.54, 1.807) is 11.0 Å². The lowest BCUT2D eigenvalue weighted by Crippen LogP contribution is -2.30. The van der Waals surface area contributed by atoms with E-state index in [-0.39, 0.29) is 11.5 Å². The van der Waals surface area contributed by atoms with E-state index < -0.39 is 11.7 Å². The van der Waals surface area contributed by atoms with Gasteiger partial charge in [0.05, 0.1) is 16.6 Å². The molecule has 1 N–H and O–H groups in total. The van der Waals surface area contributed by atoms with Crippen LogP contribution in [-0.2, 0) is 11.0 Å². The maximum atomic E-state index is 13.0. The van der Waals surface area contributed by atoms with Gasteiger partial charge in [0.1, 0.15) is 17.5 Å². The average molecular weight is 463 g/mol. The first-order chi connectivity index (χ1) is 16.4. The number of likely N-dealkylation sites (tertiary alicyclic amines) is 1. The van der Waals surface area contributed by atoms with Crippen LogP contribution in [0.1, 0.15) is 24.0 Å². The summed E-state index contributed by atoms with van der Waals surface area (Å²) < 4.78 is 41.0. The zero-order chi connectivity index (χ0) is 23.9. The lowest BCUT2D eigenvalue weighted by atomic mass is 10.00. The first-order valence-corrected chi connectivity index (χ1v) is 10.9. The second-order valence-electron chi connectivity index (χ2n) is 8.18. The number of fused-ring (bicyclic) bond motifs is 3. The maximum absolute atomic E-state index is 13.0. The quantitative estimate of drug-likeness (QED) is 0.448. The van der Waals surface area contributed by atoms with Gasteiger partial charge in [-0.2, -0.15) is 18.4 Å². The molecule has 1 saturated heterocycles.